The van der Waals surface area contributed by atoms with Crippen LogP contribution in [0.15, 0.2) is 35.3 Å². The number of nitrogens with zero attached hydrogens (tertiary/aromatic N) is 2. The van der Waals surface area contributed by atoms with Crippen molar-refractivity contribution in [3.63, 3.8) is 0 Å². The molecule has 0 amide bonds. The van der Waals surface area contributed by atoms with Gasteiger partial charge in [-0.25, -0.2) is 0 Å². The Morgan fingerprint density at radius 2 is 2.12 bits per heavy atom. The van der Waals surface area contributed by atoms with E-state index in [1.54, 1.807) is 0 Å². The molecule has 1 aliphatic rings. The molecular weight excluding hydrogens is 324 g/mol. The molecule has 0 aromatic heterocycles. The van der Waals surface area contributed by atoms with Crippen LogP contribution in [0.4, 0.5) is 0 Å². The van der Waals surface area contributed by atoms with Crippen LogP contribution < -0.4 is 10.6 Å². The lowest BCUT2D eigenvalue weighted by Gasteiger charge is -2.30. The highest BCUT2D eigenvalue weighted by Gasteiger charge is 2.17. The van der Waals surface area contributed by atoms with Gasteiger partial charge in [0, 0.05) is 26.2 Å². The average Bonchev–Trinajstić information content (AvgIpc) is 2.65. The number of benzene rings is 1. The van der Waals surface area contributed by atoms with Gasteiger partial charge in [-0.05, 0) is 50.8 Å². The summed E-state index contributed by atoms with van der Waals surface area (Å²) in [5.74, 6) is 2.04. The summed E-state index contributed by atoms with van der Waals surface area (Å²) in [7, 11) is 2.21. The van der Waals surface area contributed by atoms with Crippen molar-refractivity contribution in [1.29, 1.82) is 0 Å². The summed E-state index contributed by atoms with van der Waals surface area (Å²) in [6.45, 7) is 10.8. The summed E-state index contributed by atoms with van der Waals surface area (Å²) in [5.41, 5.74) is 1.22. The van der Waals surface area contributed by atoms with Crippen molar-refractivity contribution in [2.45, 2.75) is 33.3 Å². The number of hydrogen-bond acceptors (Lipinski definition) is 3. The van der Waals surface area contributed by atoms with Gasteiger partial charge < -0.3 is 20.3 Å². The molecule has 2 atom stereocenters. The van der Waals surface area contributed by atoms with Crippen LogP contribution in [-0.4, -0.2) is 57.2 Å². The highest BCUT2D eigenvalue weighted by atomic mass is 16.5. The second-order valence-corrected chi connectivity index (χ2v) is 7.48. The van der Waals surface area contributed by atoms with Crippen molar-refractivity contribution in [2.24, 2.45) is 16.8 Å². The first-order valence-electron chi connectivity index (χ1n) is 9.99. The van der Waals surface area contributed by atoms with Crippen molar-refractivity contribution in [3.05, 3.63) is 35.9 Å². The maximum atomic E-state index is 5.83. The molecule has 2 unspecified atom stereocenters. The Hall–Kier alpha value is -1.59. The Morgan fingerprint density at radius 3 is 2.85 bits per heavy atom. The van der Waals surface area contributed by atoms with Gasteiger partial charge >= 0.3 is 0 Å². The molecule has 1 fully saturated rings. The number of aliphatic imine (C=N–C) groups is 1. The monoisotopic (exact) mass is 360 g/mol. The van der Waals surface area contributed by atoms with Gasteiger partial charge in [-0.15, -0.1) is 0 Å². The molecule has 1 heterocycles. The predicted octanol–water partition coefficient (Wildman–Crippen LogP) is 2.74. The molecule has 0 radical (unpaired) electrons. The minimum absolute atomic E-state index is 0.398. The molecule has 0 saturated carbocycles. The number of nitrogens with one attached hydrogen (secondary N) is 2. The topological polar surface area (TPSA) is 48.9 Å². The van der Waals surface area contributed by atoms with E-state index in [2.05, 4.69) is 48.6 Å². The number of ether oxygens (including phenoxy) is 1. The zero-order valence-electron chi connectivity index (χ0n) is 16.7. The molecule has 2 N–H and O–H groups in total. The number of rotatable bonds is 9. The van der Waals surface area contributed by atoms with Gasteiger partial charge in [0.25, 0.3) is 0 Å². The fraction of sp³-hybridized carbons (Fsp3) is 0.667. The summed E-state index contributed by atoms with van der Waals surface area (Å²) < 4.78 is 5.83. The number of guanidine groups is 1. The number of piperidine rings is 1. The third kappa shape index (κ3) is 8.19. The highest BCUT2D eigenvalue weighted by molar-refractivity contribution is 5.79. The first kappa shape index (κ1) is 20.7. The number of likely N-dealkylation sites (tertiary alicyclic amines) is 1. The first-order chi connectivity index (χ1) is 12.7. The summed E-state index contributed by atoms with van der Waals surface area (Å²) >= 11 is 0. The lowest BCUT2D eigenvalue weighted by molar-refractivity contribution is 0.0945. The lowest BCUT2D eigenvalue weighted by Crippen LogP contribution is -2.43. The minimum Gasteiger partial charge on any atom is -0.376 e. The second-order valence-electron chi connectivity index (χ2n) is 7.48. The number of hydrogen-bond donors (Lipinski definition) is 2. The van der Waals surface area contributed by atoms with Gasteiger partial charge in [0.2, 0.25) is 0 Å². The van der Waals surface area contributed by atoms with Crippen LogP contribution in [-0.2, 0) is 11.3 Å². The lowest BCUT2D eigenvalue weighted by atomic mass is 9.99. The fourth-order valence-corrected chi connectivity index (χ4v) is 3.27. The van der Waals surface area contributed by atoms with Crippen molar-refractivity contribution in [2.75, 3.05) is 46.4 Å². The Kier molecular flexibility index (Phi) is 9.50. The fourth-order valence-electron chi connectivity index (χ4n) is 3.27. The smallest absolute Gasteiger partial charge is 0.191 e. The quantitative estimate of drug-likeness (QED) is 0.525. The van der Waals surface area contributed by atoms with Crippen LogP contribution in [0.2, 0.25) is 0 Å². The van der Waals surface area contributed by atoms with Gasteiger partial charge in [0.1, 0.15) is 0 Å². The van der Waals surface area contributed by atoms with Crippen LogP contribution >= 0.6 is 0 Å². The van der Waals surface area contributed by atoms with E-state index in [1.807, 2.05) is 18.2 Å². The van der Waals surface area contributed by atoms with Crippen molar-refractivity contribution in [1.82, 2.24) is 15.5 Å². The molecule has 1 saturated heterocycles. The highest BCUT2D eigenvalue weighted by Crippen LogP contribution is 2.13. The Balaban J connectivity index is 1.69. The first-order valence-corrected chi connectivity index (χ1v) is 9.99. The molecule has 1 aliphatic heterocycles. The predicted molar refractivity (Wildman–Crippen MR) is 109 cm³/mol. The molecule has 0 spiro atoms. The summed E-state index contributed by atoms with van der Waals surface area (Å²) in [6, 6.07) is 10.3. The van der Waals surface area contributed by atoms with Crippen LogP contribution in [0.25, 0.3) is 0 Å². The van der Waals surface area contributed by atoms with E-state index in [-0.39, 0.29) is 0 Å². The molecule has 146 valence electrons. The van der Waals surface area contributed by atoms with E-state index < -0.39 is 0 Å². The molecule has 1 aromatic carbocycles. The van der Waals surface area contributed by atoms with E-state index >= 15 is 0 Å². The van der Waals surface area contributed by atoms with Crippen LogP contribution in [0, 0.1) is 11.8 Å². The van der Waals surface area contributed by atoms with E-state index in [9.17, 15) is 0 Å². The van der Waals surface area contributed by atoms with Crippen molar-refractivity contribution in [3.8, 4) is 0 Å². The minimum atomic E-state index is 0.398. The summed E-state index contributed by atoms with van der Waals surface area (Å²) in [5, 5.41) is 6.87. The second kappa shape index (κ2) is 11.9. The van der Waals surface area contributed by atoms with E-state index in [0.717, 1.165) is 32.2 Å². The zero-order valence-corrected chi connectivity index (χ0v) is 16.7. The maximum Gasteiger partial charge on any atom is 0.191 e. The van der Waals surface area contributed by atoms with Gasteiger partial charge in [-0.1, -0.05) is 37.3 Å². The van der Waals surface area contributed by atoms with Crippen LogP contribution in [0.3, 0.4) is 0 Å². The van der Waals surface area contributed by atoms with Crippen LogP contribution in [0.1, 0.15) is 32.3 Å². The van der Waals surface area contributed by atoms with E-state index in [4.69, 9.17) is 9.73 Å². The molecule has 5 nitrogen and oxygen atoms in total. The molecule has 5 heteroatoms. The SMILES string of the molecule is CCNC(=NCC(C)COCc1ccccc1)NCC1CCCN(C)C1. The summed E-state index contributed by atoms with van der Waals surface area (Å²) in [6.07, 6.45) is 2.60. The third-order valence-corrected chi connectivity index (χ3v) is 4.70. The van der Waals surface area contributed by atoms with Gasteiger partial charge in [0.05, 0.1) is 13.2 Å². The van der Waals surface area contributed by atoms with Gasteiger partial charge in [0.15, 0.2) is 5.96 Å². The molecular formula is C21H36N4O. The third-order valence-electron chi connectivity index (χ3n) is 4.70. The normalized spacial score (nSPS) is 20.0. The molecule has 2 rings (SSSR count). The van der Waals surface area contributed by atoms with Crippen LogP contribution in [0.5, 0.6) is 0 Å². The maximum absolute atomic E-state index is 5.83. The van der Waals surface area contributed by atoms with E-state index in [1.165, 1.54) is 31.5 Å². The Labute approximate surface area is 159 Å². The van der Waals surface area contributed by atoms with Crippen molar-refractivity contribution >= 4 is 5.96 Å². The van der Waals surface area contributed by atoms with Gasteiger partial charge in [-0.3, -0.25) is 4.99 Å². The van der Waals surface area contributed by atoms with Gasteiger partial charge in [-0.2, -0.15) is 0 Å². The van der Waals surface area contributed by atoms with E-state index in [0.29, 0.717) is 18.4 Å². The molecule has 26 heavy (non-hydrogen) atoms. The molecule has 1 aromatic rings. The van der Waals surface area contributed by atoms with Crippen molar-refractivity contribution < 1.29 is 4.74 Å². The average molecular weight is 361 g/mol. The largest absolute Gasteiger partial charge is 0.376 e. The molecule has 0 bridgehead atoms. The Morgan fingerprint density at radius 1 is 1.31 bits per heavy atom. The standard InChI is InChI=1S/C21H36N4O/c1-4-22-21(24-14-20-11-8-12-25(3)15-20)23-13-18(2)16-26-17-19-9-6-5-7-10-19/h5-7,9-10,18,20H,4,8,11-17H2,1-3H3,(H2,22,23,24). The Bertz CT molecular complexity index is 520. The summed E-state index contributed by atoms with van der Waals surface area (Å²) in [4.78, 5) is 7.17. The zero-order chi connectivity index (χ0) is 18.6. The molecule has 0 aliphatic carbocycles.